The van der Waals surface area contributed by atoms with Crippen LogP contribution in [0.1, 0.15) is 33.4 Å². The van der Waals surface area contributed by atoms with Crippen molar-refractivity contribution in [1.29, 1.82) is 0 Å². The molecule has 0 aliphatic rings. The molecule has 0 fully saturated rings. The fourth-order valence-corrected chi connectivity index (χ4v) is 7.16. The molecule has 0 radical (unpaired) electrons. The summed E-state index contributed by atoms with van der Waals surface area (Å²) in [6, 6.07) is 23.5. The molecule has 0 spiro atoms. The zero-order chi connectivity index (χ0) is 33.5. The fraction of sp³-hybridized carbons (Fsp3) is 0.0811. The third kappa shape index (κ3) is 6.56. The van der Waals surface area contributed by atoms with Crippen molar-refractivity contribution < 1.29 is 8.83 Å². The maximum Gasteiger partial charge on any atom is 0.231 e. The highest BCUT2D eigenvalue weighted by molar-refractivity contribution is 7.18. The van der Waals surface area contributed by atoms with Crippen LogP contribution in [0.4, 0.5) is 10.3 Å². The van der Waals surface area contributed by atoms with Gasteiger partial charge in [-0.2, -0.15) is 0 Å². The number of rotatable bonds is 8. The van der Waals surface area contributed by atoms with Gasteiger partial charge in [-0.15, -0.1) is 20.4 Å². The summed E-state index contributed by atoms with van der Waals surface area (Å²) in [5.74, 6) is 0. The molecule has 0 bridgehead atoms. The Hall–Kier alpha value is -5.00. The van der Waals surface area contributed by atoms with Crippen LogP contribution < -0.4 is 0 Å². The summed E-state index contributed by atoms with van der Waals surface area (Å²) in [4.78, 5) is 9.09. The Bertz CT molecular complexity index is 2350. The molecular formula is C37H24Cl2N6O2S2. The molecule has 0 N–H and O–H groups in total. The first-order valence-electron chi connectivity index (χ1n) is 15.1. The second-order valence-corrected chi connectivity index (χ2v) is 14.2. The van der Waals surface area contributed by atoms with E-state index in [1.807, 2.05) is 62.4 Å². The lowest BCUT2D eigenvalue weighted by molar-refractivity contribution is 0.613. The van der Waals surface area contributed by atoms with Crippen LogP contribution in [-0.4, -0.2) is 32.8 Å². The third-order valence-corrected chi connectivity index (χ3v) is 10.2. The minimum Gasteiger partial charge on any atom is -0.463 e. The zero-order valence-corrected chi connectivity index (χ0v) is 29.2. The Morgan fingerprint density at radius 3 is 1.47 bits per heavy atom. The normalized spacial score (nSPS) is 12.0. The molecule has 0 aliphatic heterocycles. The monoisotopic (exact) mass is 718 g/mol. The van der Waals surface area contributed by atoms with Crippen molar-refractivity contribution in [1.82, 2.24) is 20.4 Å². The average molecular weight is 720 g/mol. The molecule has 0 saturated carbocycles. The van der Waals surface area contributed by atoms with Gasteiger partial charge in [0.15, 0.2) is 10.0 Å². The lowest BCUT2D eigenvalue weighted by Gasteiger charge is -2.08. The van der Waals surface area contributed by atoms with Gasteiger partial charge in [-0.25, -0.2) is 9.98 Å². The lowest BCUT2D eigenvalue weighted by Crippen LogP contribution is -1.92. The standard InChI is InChI=1S/C37H24Cl2N6O2S2/c1-20-18-46-32-28(20)12-24(14-30(32)34-42-44-36(48-34)40-16-22-3-7-26(38)8-4-22)11-25-13-29-21(2)19-47-33(29)31(15-25)35-43-45-37(49-35)41-17-23-5-9-27(39)10-6-23/h3-10,12-19H,11H2,1-2H3/b40-16+,41-17+. The Kier molecular flexibility index (Phi) is 8.38. The van der Waals surface area contributed by atoms with Gasteiger partial charge in [0.1, 0.15) is 11.2 Å². The fourth-order valence-electron chi connectivity index (χ4n) is 5.51. The minimum absolute atomic E-state index is 0.547. The molecule has 0 unspecified atom stereocenters. The number of hydrogen-bond donors (Lipinski definition) is 0. The predicted molar refractivity (Wildman–Crippen MR) is 200 cm³/mol. The third-order valence-electron chi connectivity index (χ3n) is 7.94. The maximum absolute atomic E-state index is 6.03. The van der Waals surface area contributed by atoms with Crippen LogP contribution in [0.2, 0.25) is 10.0 Å². The second kappa shape index (κ2) is 13.1. The van der Waals surface area contributed by atoms with Crippen molar-refractivity contribution >= 4 is 90.5 Å². The minimum atomic E-state index is 0.547. The Labute approximate surface area is 298 Å². The van der Waals surface area contributed by atoms with E-state index in [2.05, 4.69) is 54.6 Å². The van der Waals surface area contributed by atoms with Crippen LogP contribution >= 0.6 is 45.9 Å². The molecule has 8 aromatic rings. The Morgan fingerprint density at radius 2 is 1.04 bits per heavy atom. The van der Waals surface area contributed by atoms with E-state index in [4.69, 9.17) is 32.0 Å². The van der Waals surface area contributed by atoms with Crippen LogP contribution in [0.5, 0.6) is 0 Å². The molecule has 240 valence electrons. The smallest absolute Gasteiger partial charge is 0.231 e. The van der Waals surface area contributed by atoms with E-state index in [0.717, 1.165) is 76.5 Å². The van der Waals surface area contributed by atoms with E-state index in [9.17, 15) is 0 Å². The van der Waals surface area contributed by atoms with E-state index in [0.29, 0.717) is 26.7 Å². The molecule has 0 saturated heterocycles. The second-order valence-electron chi connectivity index (χ2n) is 11.5. The highest BCUT2D eigenvalue weighted by atomic mass is 35.5. The van der Waals surface area contributed by atoms with Gasteiger partial charge in [-0.05, 0) is 102 Å². The van der Waals surface area contributed by atoms with Gasteiger partial charge in [0.05, 0.1) is 23.7 Å². The number of benzene rings is 4. The molecule has 0 amide bonds. The van der Waals surface area contributed by atoms with Gasteiger partial charge in [-0.3, -0.25) is 0 Å². The molecule has 8 nitrogen and oxygen atoms in total. The summed E-state index contributed by atoms with van der Waals surface area (Å²) in [5, 5.41) is 23.6. The van der Waals surface area contributed by atoms with Gasteiger partial charge in [0.2, 0.25) is 10.3 Å². The number of aromatic nitrogens is 4. The maximum atomic E-state index is 6.03. The predicted octanol–water partition coefficient (Wildman–Crippen LogP) is 11.2. The highest BCUT2D eigenvalue weighted by Gasteiger charge is 2.19. The number of nitrogens with zero attached hydrogens (tertiary/aromatic N) is 6. The van der Waals surface area contributed by atoms with Gasteiger partial charge in [0.25, 0.3) is 0 Å². The van der Waals surface area contributed by atoms with E-state index < -0.39 is 0 Å². The van der Waals surface area contributed by atoms with E-state index in [1.54, 1.807) is 25.0 Å². The van der Waals surface area contributed by atoms with E-state index in [1.165, 1.54) is 22.7 Å². The number of fused-ring (bicyclic) bond motifs is 2. The first-order valence-corrected chi connectivity index (χ1v) is 17.5. The quantitative estimate of drug-likeness (QED) is 0.145. The lowest BCUT2D eigenvalue weighted by atomic mass is 9.97. The molecule has 4 aromatic carbocycles. The largest absolute Gasteiger partial charge is 0.463 e. The molecule has 0 atom stereocenters. The number of hydrogen-bond acceptors (Lipinski definition) is 10. The van der Waals surface area contributed by atoms with Crippen LogP contribution in [0.25, 0.3) is 43.1 Å². The molecule has 12 heteroatoms. The van der Waals surface area contributed by atoms with Crippen molar-refractivity contribution in [3.05, 3.63) is 129 Å². The molecule has 49 heavy (non-hydrogen) atoms. The van der Waals surface area contributed by atoms with Crippen molar-refractivity contribution in [2.24, 2.45) is 9.98 Å². The zero-order valence-electron chi connectivity index (χ0n) is 26.0. The summed E-state index contributed by atoms with van der Waals surface area (Å²) >= 11 is 14.9. The SMILES string of the molecule is Cc1coc2c(-c3nnc(/N=C/c4ccc(Cl)cc4)s3)cc(Cc3cc(-c4nnc(/N=C/c5ccc(Cl)cc5)s4)c4occ(C)c4c3)cc12. The summed E-state index contributed by atoms with van der Waals surface area (Å²) in [6.07, 6.45) is 7.71. The summed E-state index contributed by atoms with van der Waals surface area (Å²) in [6.45, 7) is 4.09. The molecular weight excluding hydrogens is 695 g/mol. The Morgan fingerprint density at radius 1 is 0.612 bits per heavy atom. The van der Waals surface area contributed by atoms with Crippen LogP contribution in [-0.2, 0) is 6.42 Å². The number of aliphatic imine (C=N–C) groups is 2. The van der Waals surface area contributed by atoms with Crippen molar-refractivity contribution in [2.75, 3.05) is 0 Å². The highest BCUT2D eigenvalue weighted by Crippen LogP contribution is 2.39. The van der Waals surface area contributed by atoms with Gasteiger partial charge in [-0.1, -0.05) is 70.1 Å². The molecule has 0 aliphatic carbocycles. The topological polar surface area (TPSA) is 103 Å². The van der Waals surface area contributed by atoms with E-state index >= 15 is 0 Å². The summed E-state index contributed by atoms with van der Waals surface area (Å²) in [5.41, 5.74) is 9.44. The average Bonchev–Trinajstić information content (AvgIpc) is 3.92. The van der Waals surface area contributed by atoms with Gasteiger partial charge >= 0.3 is 0 Å². The van der Waals surface area contributed by atoms with E-state index in [-0.39, 0.29) is 0 Å². The number of furan rings is 2. The van der Waals surface area contributed by atoms with Crippen molar-refractivity contribution in [2.45, 2.75) is 20.3 Å². The van der Waals surface area contributed by atoms with Gasteiger partial charge in [0, 0.05) is 33.2 Å². The first kappa shape index (κ1) is 31.3. The van der Waals surface area contributed by atoms with Gasteiger partial charge < -0.3 is 8.83 Å². The first-order chi connectivity index (χ1) is 23.9. The molecule has 8 rings (SSSR count). The van der Waals surface area contributed by atoms with Crippen LogP contribution in [0.15, 0.2) is 104 Å². The summed E-state index contributed by atoms with van der Waals surface area (Å²) < 4.78 is 12.1. The Balaban J connectivity index is 1.12. The van der Waals surface area contributed by atoms with Crippen LogP contribution in [0.3, 0.4) is 0 Å². The molecule has 4 aromatic heterocycles. The number of halogens is 2. The van der Waals surface area contributed by atoms with Crippen molar-refractivity contribution in [3.8, 4) is 21.1 Å². The number of aryl methyl sites for hydroxylation is 2. The van der Waals surface area contributed by atoms with Crippen molar-refractivity contribution in [3.63, 3.8) is 0 Å². The molecule has 4 heterocycles. The van der Waals surface area contributed by atoms with Crippen LogP contribution in [0, 0.1) is 13.8 Å². The summed E-state index contributed by atoms with van der Waals surface area (Å²) in [7, 11) is 0.